The average molecular weight is 221 g/mol. The fourth-order valence-electron chi connectivity index (χ4n) is 1.42. The van der Waals surface area contributed by atoms with Crippen LogP contribution in [0.4, 0.5) is 0 Å². The lowest BCUT2D eigenvalue weighted by atomic mass is 10.0. The van der Waals surface area contributed by atoms with Crippen molar-refractivity contribution < 1.29 is 13.2 Å². The Morgan fingerprint density at radius 2 is 2.14 bits per heavy atom. The molecule has 0 rings (SSSR count). The molecule has 0 amide bonds. The Hall–Kier alpha value is -0.390. The molecule has 0 bridgehead atoms. The molecular weight excluding hydrogens is 202 g/mol. The Labute approximate surface area is 86.2 Å². The summed E-state index contributed by atoms with van der Waals surface area (Å²) in [4.78, 5) is 0. The fraction of sp³-hybridized carbons (Fsp3) is 0.778. The van der Waals surface area contributed by atoms with Crippen molar-refractivity contribution in [2.75, 3.05) is 13.7 Å². The monoisotopic (exact) mass is 221 g/mol. The summed E-state index contributed by atoms with van der Waals surface area (Å²) < 4.78 is 27.3. The lowest BCUT2D eigenvalue weighted by molar-refractivity contribution is 0.188. The summed E-state index contributed by atoms with van der Waals surface area (Å²) in [6.45, 7) is 5.84. The van der Waals surface area contributed by atoms with Crippen LogP contribution in [-0.4, -0.2) is 27.4 Å². The van der Waals surface area contributed by atoms with E-state index in [0.29, 0.717) is 19.4 Å². The Kier molecular flexibility index (Phi) is 5.99. The predicted octanol–water partition coefficient (Wildman–Crippen LogP) is 0.892. The second kappa shape index (κ2) is 6.16. The van der Waals surface area contributed by atoms with E-state index in [9.17, 15) is 8.42 Å². The molecule has 5 heteroatoms. The van der Waals surface area contributed by atoms with Crippen LogP contribution in [0.25, 0.3) is 0 Å². The number of ether oxygens (including phenoxy) is 1. The SMILES string of the molecule is C=CC[C@H](C)[C@@H](CCOC)S(N)(=O)=O. The molecule has 0 aromatic rings. The zero-order chi connectivity index (χ0) is 11.2. The first-order chi connectivity index (χ1) is 6.43. The number of rotatable bonds is 7. The molecule has 2 N–H and O–H groups in total. The van der Waals surface area contributed by atoms with E-state index in [2.05, 4.69) is 6.58 Å². The summed E-state index contributed by atoms with van der Waals surface area (Å²) in [5.41, 5.74) is 0. The smallest absolute Gasteiger partial charge is 0.212 e. The molecule has 0 heterocycles. The molecule has 0 unspecified atom stereocenters. The number of primary sulfonamides is 1. The second-order valence-electron chi connectivity index (χ2n) is 3.41. The summed E-state index contributed by atoms with van der Waals surface area (Å²) in [6, 6.07) is 0. The molecule has 14 heavy (non-hydrogen) atoms. The molecule has 84 valence electrons. The highest BCUT2D eigenvalue weighted by atomic mass is 32.2. The first kappa shape index (κ1) is 13.6. The first-order valence-corrected chi connectivity index (χ1v) is 6.15. The number of sulfonamides is 1. The fourth-order valence-corrected chi connectivity index (χ4v) is 2.60. The van der Waals surface area contributed by atoms with Crippen LogP contribution in [0.2, 0.25) is 0 Å². The van der Waals surface area contributed by atoms with Crippen molar-refractivity contribution in [2.45, 2.75) is 25.0 Å². The van der Waals surface area contributed by atoms with Gasteiger partial charge in [0.05, 0.1) is 5.25 Å². The number of hydrogen-bond acceptors (Lipinski definition) is 3. The molecule has 4 nitrogen and oxygen atoms in total. The molecule has 0 aromatic carbocycles. The summed E-state index contributed by atoms with van der Waals surface area (Å²) in [6.07, 6.45) is 2.78. The van der Waals surface area contributed by atoms with Gasteiger partial charge >= 0.3 is 0 Å². The number of nitrogens with two attached hydrogens (primary N) is 1. The molecule has 0 saturated heterocycles. The molecular formula is C9H19NO3S. The minimum Gasteiger partial charge on any atom is -0.385 e. The van der Waals surface area contributed by atoms with Crippen molar-refractivity contribution in [3.05, 3.63) is 12.7 Å². The van der Waals surface area contributed by atoms with Gasteiger partial charge in [0.1, 0.15) is 0 Å². The van der Waals surface area contributed by atoms with Crippen molar-refractivity contribution in [3.8, 4) is 0 Å². The van der Waals surface area contributed by atoms with Gasteiger partial charge in [-0.05, 0) is 18.8 Å². The van der Waals surface area contributed by atoms with Crippen LogP contribution < -0.4 is 5.14 Å². The van der Waals surface area contributed by atoms with E-state index >= 15 is 0 Å². The van der Waals surface area contributed by atoms with Gasteiger partial charge in [-0.1, -0.05) is 13.0 Å². The Bertz CT molecular complexity index is 261. The molecule has 0 saturated carbocycles. The largest absolute Gasteiger partial charge is 0.385 e. The van der Waals surface area contributed by atoms with Crippen molar-refractivity contribution in [2.24, 2.45) is 11.1 Å². The molecule has 0 aliphatic rings. The zero-order valence-electron chi connectivity index (χ0n) is 8.77. The highest BCUT2D eigenvalue weighted by molar-refractivity contribution is 7.89. The van der Waals surface area contributed by atoms with Crippen LogP contribution in [0.15, 0.2) is 12.7 Å². The molecule has 2 atom stereocenters. The third kappa shape index (κ3) is 4.74. The van der Waals surface area contributed by atoms with Gasteiger partial charge in [-0.2, -0.15) is 0 Å². The second-order valence-corrected chi connectivity index (χ2v) is 5.19. The Morgan fingerprint density at radius 1 is 1.57 bits per heavy atom. The third-order valence-corrected chi connectivity index (χ3v) is 3.75. The van der Waals surface area contributed by atoms with Gasteiger partial charge in [0.2, 0.25) is 10.0 Å². The van der Waals surface area contributed by atoms with Gasteiger partial charge in [-0.25, -0.2) is 13.6 Å². The molecule has 0 fully saturated rings. The van der Waals surface area contributed by atoms with Crippen LogP contribution in [0, 0.1) is 5.92 Å². The van der Waals surface area contributed by atoms with Crippen LogP contribution in [0.1, 0.15) is 19.8 Å². The highest BCUT2D eigenvalue weighted by Gasteiger charge is 2.26. The molecule has 0 aliphatic carbocycles. The van der Waals surface area contributed by atoms with Crippen LogP contribution in [0.5, 0.6) is 0 Å². The maximum atomic E-state index is 11.2. The topological polar surface area (TPSA) is 69.4 Å². The summed E-state index contributed by atoms with van der Waals surface area (Å²) in [7, 11) is -1.95. The summed E-state index contributed by atoms with van der Waals surface area (Å²) in [5.74, 6) is -0.0161. The number of allylic oxidation sites excluding steroid dienone is 1. The minimum atomic E-state index is -3.49. The Morgan fingerprint density at radius 3 is 2.50 bits per heavy atom. The summed E-state index contributed by atoms with van der Waals surface area (Å²) in [5, 5.41) is 4.59. The van der Waals surface area contributed by atoms with Gasteiger partial charge < -0.3 is 4.74 Å². The molecule has 0 aromatic heterocycles. The van der Waals surface area contributed by atoms with Crippen molar-refractivity contribution in [1.29, 1.82) is 0 Å². The van der Waals surface area contributed by atoms with Crippen LogP contribution >= 0.6 is 0 Å². The van der Waals surface area contributed by atoms with Crippen LogP contribution in [-0.2, 0) is 14.8 Å². The van der Waals surface area contributed by atoms with Gasteiger partial charge in [0.15, 0.2) is 0 Å². The van der Waals surface area contributed by atoms with Crippen molar-refractivity contribution >= 4 is 10.0 Å². The van der Waals surface area contributed by atoms with Gasteiger partial charge in [-0.3, -0.25) is 0 Å². The summed E-state index contributed by atoms with van der Waals surface area (Å²) >= 11 is 0. The standard InChI is InChI=1S/C9H19NO3S/c1-4-5-8(2)9(6-7-13-3)14(10,11)12/h4,8-9H,1,5-7H2,2-3H3,(H2,10,11,12)/t8-,9+/m0/s1. The van der Waals surface area contributed by atoms with Crippen molar-refractivity contribution in [1.82, 2.24) is 0 Å². The van der Waals surface area contributed by atoms with E-state index in [4.69, 9.17) is 9.88 Å². The van der Waals surface area contributed by atoms with E-state index in [-0.39, 0.29) is 5.92 Å². The average Bonchev–Trinajstić information content (AvgIpc) is 2.03. The first-order valence-electron chi connectivity index (χ1n) is 4.55. The maximum absolute atomic E-state index is 11.2. The zero-order valence-corrected chi connectivity index (χ0v) is 9.59. The molecule has 0 radical (unpaired) electrons. The lowest BCUT2D eigenvalue weighted by Crippen LogP contribution is -2.34. The van der Waals surface area contributed by atoms with Crippen LogP contribution in [0.3, 0.4) is 0 Å². The van der Waals surface area contributed by atoms with E-state index in [0.717, 1.165) is 0 Å². The highest BCUT2D eigenvalue weighted by Crippen LogP contribution is 2.18. The van der Waals surface area contributed by atoms with Gasteiger partial charge in [0.25, 0.3) is 0 Å². The van der Waals surface area contributed by atoms with E-state index in [1.807, 2.05) is 6.92 Å². The van der Waals surface area contributed by atoms with Crippen molar-refractivity contribution in [3.63, 3.8) is 0 Å². The van der Waals surface area contributed by atoms with E-state index in [1.54, 1.807) is 13.2 Å². The minimum absolute atomic E-state index is 0.0161. The quantitative estimate of drug-likeness (QED) is 0.649. The van der Waals surface area contributed by atoms with Gasteiger partial charge in [0, 0.05) is 13.7 Å². The lowest BCUT2D eigenvalue weighted by Gasteiger charge is -2.20. The Balaban J connectivity index is 4.46. The maximum Gasteiger partial charge on any atom is 0.212 e. The van der Waals surface area contributed by atoms with E-state index in [1.165, 1.54) is 0 Å². The number of hydrogen-bond donors (Lipinski definition) is 1. The molecule has 0 aliphatic heterocycles. The molecule has 0 spiro atoms. The third-order valence-electron chi connectivity index (χ3n) is 2.20. The van der Waals surface area contributed by atoms with Gasteiger partial charge in [-0.15, -0.1) is 6.58 Å². The predicted molar refractivity (Wildman–Crippen MR) is 57.4 cm³/mol. The number of methoxy groups -OCH3 is 1. The normalized spacial score (nSPS) is 16.2. The van der Waals surface area contributed by atoms with E-state index < -0.39 is 15.3 Å².